The number of nitrogens with zero attached hydrogens (tertiary/aromatic N) is 2. The summed E-state index contributed by atoms with van der Waals surface area (Å²) in [6, 6.07) is 5.99. The normalized spacial score (nSPS) is 10.6. The van der Waals surface area contributed by atoms with Gasteiger partial charge in [-0.25, -0.2) is 4.98 Å². The first kappa shape index (κ1) is 10.8. The largest absolute Gasteiger partial charge is 0.345 e. The molecule has 2 heterocycles. The monoisotopic (exact) mass is 216 g/mol. The Hall–Kier alpha value is -1.68. The number of hydrogen-bond donors (Lipinski definition) is 2. The van der Waals surface area contributed by atoms with Gasteiger partial charge in [-0.05, 0) is 19.1 Å². The molecule has 0 saturated carbocycles. The summed E-state index contributed by atoms with van der Waals surface area (Å²) in [6.07, 6.45) is 4.64. The molecule has 0 radical (unpaired) electrons. The first-order valence-electron chi connectivity index (χ1n) is 5.46. The number of aryl methyl sites for hydroxylation is 1. The first-order chi connectivity index (χ1) is 7.84. The first-order valence-corrected chi connectivity index (χ1v) is 5.46. The van der Waals surface area contributed by atoms with E-state index in [-0.39, 0.29) is 0 Å². The van der Waals surface area contributed by atoms with E-state index in [0.29, 0.717) is 0 Å². The zero-order valence-corrected chi connectivity index (χ0v) is 9.40. The number of nitrogens with one attached hydrogen (secondary N) is 2. The van der Waals surface area contributed by atoms with Crippen molar-refractivity contribution in [3.05, 3.63) is 47.8 Å². The van der Waals surface area contributed by atoms with E-state index in [4.69, 9.17) is 0 Å². The van der Waals surface area contributed by atoms with Crippen LogP contribution in [0.1, 0.15) is 17.2 Å². The van der Waals surface area contributed by atoms with E-state index in [1.807, 2.05) is 37.5 Å². The Morgan fingerprint density at radius 3 is 2.94 bits per heavy atom. The van der Waals surface area contributed by atoms with Crippen molar-refractivity contribution in [2.24, 2.45) is 0 Å². The van der Waals surface area contributed by atoms with Crippen LogP contribution in [-0.2, 0) is 13.0 Å². The fourth-order valence-electron chi connectivity index (χ4n) is 1.55. The molecule has 0 aromatic carbocycles. The van der Waals surface area contributed by atoms with Crippen LogP contribution in [0.2, 0.25) is 0 Å². The average Bonchev–Trinajstić information content (AvgIpc) is 2.72. The number of rotatable bonds is 5. The zero-order chi connectivity index (χ0) is 11.2. The maximum atomic E-state index is 4.27. The second-order valence-electron chi connectivity index (χ2n) is 3.74. The van der Waals surface area contributed by atoms with E-state index < -0.39 is 0 Å². The van der Waals surface area contributed by atoms with Crippen LogP contribution in [0.25, 0.3) is 0 Å². The number of imidazole rings is 1. The van der Waals surface area contributed by atoms with Gasteiger partial charge >= 0.3 is 0 Å². The second-order valence-corrected chi connectivity index (χ2v) is 3.74. The molecule has 2 aromatic rings. The van der Waals surface area contributed by atoms with Crippen molar-refractivity contribution in [2.45, 2.75) is 19.9 Å². The molecule has 0 spiro atoms. The van der Waals surface area contributed by atoms with Crippen molar-refractivity contribution in [2.75, 3.05) is 6.54 Å². The molecular formula is C12H16N4. The number of aromatic nitrogens is 3. The molecule has 0 aliphatic rings. The molecular weight excluding hydrogens is 200 g/mol. The zero-order valence-electron chi connectivity index (χ0n) is 9.40. The van der Waals surface area contributed by atoms with Crippen molar-refractivity contribution in [1.82, 2.24) is 20.3 Å². The van der Waals surface area contributed by atoms with Crippen molar-refractivity contribution in [3.8, 4) is 0 Å². The van der Waals surface area contributed by atoms with Gasteiger partial charge < -0.3 is 10.3 Å². The van der Waals surface area contributed by atoms with Crippen molar-refractivity contribution >= 4 is 0 Å². The Bertz CT molecular complexity index is 422. The molecule has 0 atom stereocenters. The fraction of sp³-hybridized carbons (Fsp3) is 0.333. The molecule has 0 saturated heterocycles. The van der Waals surface area contributed by atoms with Gasteiger partial charge in [-0.2, -0.15) is 0 Å². The summed E-state index contributed by atoms with van der Waals surface area (Å²) in [5.74, 6) is 0.960. The standard InChI is InChI=1S/C12H16N4/c1-10-15-9-12(16-10)8-13-7-5-11-4-2-3-6-14-11/h2-4,6,9,13H,5,7-8H2,1H3,(H,15,16). The maximum absolute atomic E-state index is 4.27. The third-order valence-corrected chi connectivity index (χ3v) is 2.36. The lowest BCUT2D eigenvalue weighted by atomic mass is 10.3. The van der Waals surface area contributed by atoms with Gasteiger partial charge in [0.1, 0.15) is 5.82 Å². The molecule has 16 heavy (non-hydrogen) atoms. The third-order valence-electron chi connectivity index (χ3n) is 2.36. The number of H-pyrrole nitrogens is 1. The molecule has 0 aliphatic heterocycles. The number of hydrogen-bond acceptors (Lipinski definition) is 3. The molecule has 0 unspecified atom stereocenters. The van der Waals surface area contributed by atoms with Gasteiger partial charge in [-0.3, -0.25) is 4.98 Å². The second kappa shape index (κ2) is 5.42. The van der Waals surface area contributed by atoms with Gasteiger partial charge in [0.05, 0.1) is 0 Å². The SMILES string of the molecule is Cc1ncc(CNCCc2ccccn2)[nH]1. The average molecular weight is 216 g/mol. The fourth-order valence-corrected chi connectivity index (χ4v) is 1.55. The van der Waals surface area contributed by atoms with Gasteiger partial charge in [0.2, 0.25) is 0 Å². The van der Waals surface area contributed by atoms with E-state index in [2.05, 4.69) is 20.3 Å². The lowest BCUT2D eigenvalue weighted by Crippen LogP contribution is -2.17. The van der Waals surface area contributed by atoms with Gasteiger partial charge in [0.15, 0.2) is 0 Å². The van der Waals surface area contributed by atoms with E-state index in [9.17, 15) is 0 Å². The molecule has 0 bridgehead atoms. The number of aromatic amines is 1. The van der Waals surface area contributed by atoms with Gasteiger partial charge in [0, 0.05) is 43.3 Å². The Morgan fingerprint density at radius 1 is 1.31 bits per heavy atom. The highest BCUT2D eigenvalue weighted by molar-refractivity contribution is 5.04. The van der Waals surface area contributed by atoms with Crippen LogP contribution >= 0.6 is 0 Å². The van der Waals surface area contributed by atoms with Crippen LogP contribution in [0.15, 0.2) is 30.6 Å². The van der Waals surface area contributed by atoms with E-state index in [1.54, 1.807) is 0 Å². The maximum Gasteiger partial charge on any atom is 0.103 e. The molecule has 2 N–H and O–H groups in total. The lowest BCUT2D eigenvalue weighted by Gasteiger charge is -2.02. The van der Waals surface area contributed by atoms with Crippen molar-refractivity contribution in [3.63, 3.8) is 0 Å². The molecule has 0 fully saturated rings. The Kier molecular flexibility index (Phi) is 3.66. The summed E-state index contributed by atoms with van der Waals surface area (Å²) >= 11 is 0. The molecule has 4 heteroatoms. The summed E-state index contributed by atoms with van der Waals surface area (Å²) in [5.41, 5.74) is 2.24. The molecule has 0 amide bonds. The summed E-state index contributed by atoms with van der Waals surface area (Å²) in [6.45, 7) is 3.71. The van der Waals surface area contributed by atoms with Crippen LogP contribution in [0.5, 0.6) is 0 Å². The topological polar surface area (TPSA) is 53.6 Å². The van der Waals surface area contributed by atoms with Crippen LogP contribution in [0.4, 0.5) is 0 Å². The smallest absolute Gasteiger partial charge is 0.103 e. The quantitative estimate of drug-likeness (QED) is 0.744. The van der Waals surface area contributed by atoms with Crippen molar-refractivity contribution in [1.29, 1.82) is 0 Å². The minimum atomic E-state index is 0.827. The Balaban J connectivity index is 1.69. The predicted molar refractivity (Wildman–Crippen MR) is 63.0 cm³/mol. The highest BCUT2D eigenvalue weighted by Crippen LogP contribution is 1.96. The van der Waals surface area contributed by atoms with Gasteiger partial charge in [0.25, 0.3) is 0 Å². The highest BCUT2D eigenvalue weighted by atomic mass is 15.0. The van der Waals surface area contributed by atoms with Crippen LogP contribution in [0.3, 0.4) is 0 Å². The molecule has 2 aromatic heterocycles. The summed E-state index contributed by atoms with van der Waals surface area (Å²) in [5, 5.41) is 3.35. The molecule has 84 valence electrons. The molecule has 0 aliphatic carbocycles. The van der Waals surface area contributed by atoms with Crippen LogP contribution < -0.4 is 5.32 Å². The summed E-state index contributed by atoms with van der Waals surface area (Å²) in [4.78, 5) is 11.6. The lowest BCUT2D eigenvalue weighted by molar-refractivity contribution is 0.670. The summed E-state index contributed by atoms with van der Waals surface area (Å²) in [7, 11) is 0. The van der Waals surface area contributed by atoms with E-state index >= 15 is 0 Å². The highest BCUT2D eigenvalue weighted by Gasteiger charge is 1.96. The van der Waals surface area contributed by atoms with Crippen molar-refractivity contribution < 1.29 is 0 Å². The molecule has 2 rings (SSSR count). The predicted octanol–water partition coefficient (Wildman–Crippen LogP) is 1.45. The molecule has 4 nitrogen and oxygen atoms in total. The van der Waals surface area contributed by atoms with Gasteiger partial charge in [-0.1, -0.05) is 6.07 Å². The Labute approximate surface area is 95.1 Å². The van der Waals surface area contributed by atoms with E-state index in [0.717, 1.165) is 36.7 Å². The van der Waals surface area contributed by atoms with Crippen LogP contribution in [-0.4, -0.2) is 21.5 Å². The third kappa shape index (κ3) is 3.17. The number of pyridine rings is 1. The Morgan fingerprint density at radius 2 is 2.25 bits per heavy atom. The van der Waals surface area contributed by atoms with Gasteiger partial charge in [-0.15, -0.1) is 0 Å². The van der Waals surface area contributed by atoms with E-state index in [1.165, 1.54) is 0 Å². The summed E-state index contributed by atoms with van der Waals surface area (Å²) < 4.78 is 0. The minimum absolute atomic E-state index is 0.827. The van der Waals surface area contributed by atoms with Crippen LogP contribution in [0, 0.1) is 6.92 Å². The minimum Gasteiger partial charge on any atom is -0.345 e.